The van der Waals surface area contributed by atoms with E-state index in [1.165, 1.54) is 0 Å². The van der Waals surface area contributed by atoms with Gasteiger partial charge in [0.05, 0.1) is 0 Å². The molecular weight excluding hydrogens is 140 g/mol. The predicted molar refractivity (Wildman–Crippen MR) is 45.9 cm³/mol. The van der Waals surface area contributed by atoms with Gasteiger partial charge < -0.3 is 11.5 Å². The lowest BCUT2D eigenvalue weighted by molar-refractivity contribution is -0.118. The third-order valence-electron chi connectivity index (χ3n) is 1.54. The quantitative estimate of drug-likeness (QED) is 0.616. The number of hydrogen-bond donors (Lipinski definition) is 2. The fraction of sp³-hybridized carbons (Fsp3) is 0.875. The third-order valence-corrected chi connectivity index (χ3v) is 1.54. The van der Waals surface area contributed by atoms with Crippen LogP contribution in [0, 0.1) is 5.92 Å². The molecule has 0 heterocycles. The largest absolute Gasteiger partial charge is 0.370 e. The van der Waals surface area contributed by atoms with Crippen LogP contribution in [-0.2, 0) is 4.79 Å². The Morgan fingerprint density at radius 3 is 2.36 bits per heavy atom. The Morgan fingerprint density at radius 1 is 1.45 bits per heavy atom. The zero-order valence-electron chi connectivity index (χ0n) is 7.34. The molecule has 0 spiro atoms. The molecule has 0 saturated heterocycles. The van der Waals surface area contributed by atoms with E-state index in [1.54, 1.807) is 0 Å². The molecule has 1 atom stereocenters. The van der Waals surface area contributed by atoms with E-state index in [0.717, 1.165) is 6.42 Å². The van der Waals surface area contributed by atoms with Gasteiger partial charge in [0.25, 0.3) is 0 Å². The Hall–Kier alpha value is -0.570. The fourth-order valence-electron chi connectivity index (χ4n) is 1.05. The van der Waals surface area contributed by atoms with Crippen molar-refractivity contribution in [1.82, 2.24) is 0 Å². The Balaban J connectivity index is 3.37. The standard InChI is InChI=1S/C8H18N2O/c1-6(2)5-7(9)3-4-8(10)11/h6-7H,3-5,9H2,1-2H3,(H2,10,11). The second-order valence-corrected chi connectivity index (χ2v) is 3.39. The van der Waals surface area contributed by atoms with Crippen LogP contribution in [0.5, 0.6) is 0 Å². The maximum absolute atomic E-state index is 10.4. The number of primary amides is 1. The van der Waals surface area contributed by atoms with Crippen molar-refractivity contribution in [2.75, 3.05) is 0 Å². The van der Waals surface area contributed by atoms with Crippen LogP contribution in [0.2, 0.25) is 0 Å². The minimum atomic E-state index is -0.260. The van der Waals surface area contributed by atoms with Gasteiger partial charge in [-0.15, -0.1) is 0 Å². The summed E-state index contributed by atoms with van der Waals surface area (Å²) in [7, 11) is 0. The Kier molecular flexibility index (Phi) is 4.86. The summed E-state index contributed by atoms with van der Waals surface area (Å²) in [6.45, 7) is 4.23. The lowest BCUT2D eigenvalue weighted by atomic mass is 10.0. The lowest BCUT2D eigenvalue weighted by Gasteiger charge is -2.12. The highest BCUT2D eigenvalue weighted by molar-refractivity contribution is 5.73. The molecule has 3 nitrogen and oxygen atoms in total. The van der Waals surface area contributed by atoms with E-state index < -0.39 is 0 Å². The molecule has 0 bridgehead atoms. The van der Waals surface area contributed by atoms with Gasteiger partial charge in [-0.05, 0) is 18.8 Å². The van der Waals surface area contributed by atoms with Crippen molar-refractivity contribution in [3.05, 3.63) is 0 Å². The van der Waals surface area contributed by atoms with Crippen LogP contribution in [-0.4, -0.2) is 11.9 Å². The Bertz CT molecular complexity index is 123. The summed E-state index contributed by atoms with van der Waals surface area (Å²) in [5.41, 5.74) is 10.7. The van der Waals surface area contributed by atoms with E-state index in [4.69, 9.17) is 11.5 Å². The molecule has 0 aromatic rings. The van der Waals surface area contributed by atoms with Crippen molar-refractivity contribution in [2.45, 2.75) is 39.2 Å². The van der Waals surface area contributed by atoms with Gasteiger partial charge in [0, 0.05) is 12.5 Å². The molecule has 11 heavy (non-hydrogen) atoms. The van der Waals surface area contributed by atoms with Gasteiger partial charge in [0.15, 0.2) is 0 Å². The van der Waals surface area contributed by atoms with Gasteiger partial charge in [-0.3, -0.25) is 4.79 Å². The Labute approximate surface area is 68.1 Å². The average Bonchev–Trinajstić information content (AvgIpc) is 1.82. The highest BCUT2D eigenvalue weighted by Gasteiger charge is 2.06. The van der Waals surface area contributed by atoms with Crippen molar-refractivity contribution >= 4 is 5.91 Å². The fourth-order valence-corrected chi connectivity index (χ4v) is 1.05. The number of amides is 1. The van der Waals surface area contributed by atoms with Gasteiger partial charge in [0.2, 0.25) is 5.91 Å². The molecule has 0 aromatic carbocycles. The van der Waals surface area contributed by atoms with Crippen LogP contribution < -0.4 is 11.5 Å². The van der Waals surface area contributed by atoms with E-state index in [1.807, 2.05) is 0 Å². The van der Waals surface area contributed by atoms with Crippen LogP contribution in [0.4, 0.5) is 0 Å². The SMILES string of the molecule is CC(C)CC(N)CCC(N)=O. The van der Waals surface area contributed by atoms with Crippen LogP contribution in [0.1, 0.15) is 33.1 Å². The topological polar surface area (TPSA) is 69.1 Å². The maximum atomic E-state index is 10.4. The maximum Gasteiger partial charge on any atom is 0.217 e. The average molecular weight is 158 g/mol. The van der Waals surface area contributed by atoms with E-state index >= 15 is 0 Å². The molecule has 1 unspecified atom stereocenters. The molecule has 0 aliphatic rings. The molecular formula is C8H18N2O. The van der Waals surface area contributed by atoms with Crippen LogP contribution in [0.15, 0.2) is 0 Å². The molecule has 0 radical (unpaired) electrons. The summed E-state index contributed by atoms with van der Waals surface area (Å²) in [5, 5.41) is 0. The van der Waals surface area contributed by atoms with E-state index in [9.17, 15) is 4.79 Å². The minimum Gasteiger partial charge on any atom is -0.370 e. The number of carbonyl (C=O) groups is 1. The van der Waals surface area contributed by atoms with Crippen molar-refractivity contribution in [3.8, 4) is 0 Å². The first-order chi connectivity index (χ1) is 5.02. The van der Waals surface area contributed by atoms with Gasteiger partial charge >= 0.3 is 0 Å². The first-order valence-electron chi connectivity index (χ1n) is 4.06. The molecule has 0 aliphatic carbocycles. The molecule has 1 amide bonds. The van der Waals surface area contributed by atoms with Crippen LogP contribution >= 0.6 is 0 Å². The molecule has 4 N–H and O–H groups in total. The number of carbonyl (C=O) groups excluding carboxylic acids is 1. The highest BCUT2D eigenvalue weighted by Crippen LogP contribution is 2.06. The molecule has 3 heteroatoms. The Morgan fingerprint density at radius 2 is 2.00 bits per heavy atom. The summed E-state index contributed by atoms with van der Waals surface area (Å²) in [4.78, 5) is 10.4. The molecule has 0 aliphatic heterocycles. The van der Waals surface area contributed by atoms with Gasteiger partial charge in [0.1, 0.15) is 0 Å². The second kappa shape index (κ2) is 5.13. The smallest absolute Gasteiger partial charge is 0.217 e. The number of hydrogen-bond acceptors (Lipinski definition) is 2. The number of nitrogens with two attached hydrogens (primary N) is 2. The van der Waals surface area contributed by atoms with Crippen LogP contribution in [0.25, 0.3) is 0 Å². The second-order valence-electron chi connectivity index (χ2n) is 3.39. The van der Waals surface area contributed by atoms with Gasteiger partial charge in [-0.1, -0.05) is 13.8 Å². The minimum absolute atomic E-state index is 0.127. The van der Waals surface area contributed by atoms with Crippen molar-refractivity contribution in [3.63, 3.8) is 0 Å². The molecule has 0 fully saturated rings. The molecule has 0 rings (SSSR count). The van der Waals surface area contributed by atoms with Gasteiger partial charge in [-0.2, -0.15) is 0 Å². The van der Waals surface area contributed by atoms with E-state index in [0.29, 0.717) is 18.8 Å². The number of rotatable bonds is 5. The zero-order chi connectivity index (χ0) is 8.85. The summed E-state index contributed by atoms with van der Waals surface area (Å²) in [6, 6.07) is 0.127. The normalized spacial score (nSPS) is 13.5. The first kappa shape index (κ1) is 10.4. The van der Waals surface area contributed by atoms with Gasteiger partial charge in [-0.25, -0.2) is 0 Å². The lowest BCUT2D eigenvalue weighted by Crippen LogP contribution is -2.24. The van der Waals surface area contributed by atoms with E-state index in [-0.39, 0.29) is 11.9 Å². The summed E-state index contributed by atoms with van der Waals surface area (Å²) in [5.74, 6) is 0.335. The zero-order valence-corrected chi connectivity index (χ0v) is 7.34. The molecule has 66 valence electrons. The van der Waals surface area contributed by atoms with Crippen LogP contribution in [0.3, 0.4) is 0 Å². The van der Waals surface area contributed by atoms with Crippen molar-refractivity contribution in [2.24, 2.45) is 17.4 Å². The third kappa shape index (κ3) is 7.33. The monoisotopic (exact) mass is 158 g/mol. The summed E-state index contributed by atoms with van der Waals surface area (Å²) >= 11 is 0. The molecule has 0 aromatic heterocycles. The first-order valence-corrected chi connectivity index (χ1v) is 4.06. The molecule has 0 saturated carbocycles. The van der Waals surface area contributed by atoms with E-state index in [2.05, 4.69) is 13.8 Å². The summed E-state index contributed by atoms with van der Waals surface area (Å²) in [6.07, 6.45) is 2.09. The predicted octanol–water partition coefficient (Wildman–Crippen LogP) is 0.625. The van der Waals surface area contributed by atoms with Crippen molar-refractivity contribution in [1.29, 1.82) is 0 Å². The highest BCUT2D eigenvalue weighted by atomic mass is 16.1. The van der Waals surface area contributed by atoms with Crippen molar-refractivity contribution < 1.29 is 4.79 Å². The summed E-state index contributed by atoms with van der Waals surface area (Å²) < 4.78 is 0.